The van der Waals surface area contributed by atoms with Crippen LogP contribution in [0.25, 0.3) is 0 Å². The van der Waals surface area contributed by atoms with Crippen molar-refractivity contribution in [2.24, 2.45) is 0 Å². The van der Waals surface area contributed by atoms with Crippen molar-refractivity contribution >= 4 is 22.6 Å². The summed E-state index contributed by atoms with van der Waals surface area (Å²) >= 11 is 2.24. The third-order valence-electron chi connectivity index (χ3n) is 3.16. The van der Waals surface area contributed by atoms with E-state index in [0.717, 1.165) is 27.8 Å². The molecule has 112 valence electrons. The maximum Gasteiger partial charge on any atom is 0.132 e. The third-order valence-corrected chi connectivity index (χ3v) is 3.83. The molecule has 0 aliphatic heterocycles. The highest BCUT2D eigenvalue weighted by atomic mass is 127. The van der Waals surface area contributed by atoms with Crippen LogP contribution in [0, 0.1) is 9.39 Å². The fourth-order valence-electron chi connectivity index (χ4n) is 2.08. The fraction of sp³-hybridized carbons (Fsp3) is 0.294. The predicted molar refractivity (Wildman–Crippen MR) is 92.3 cm³/mol. The molecule has 0 saturated carbocycles. The lowest BCUT2D eigenvalue weighted by molar-refractivity contribution is 0.457. The van der Waals surface area contributed by atoms with Gasteiger partial charge in [0.15, 0.2) is 0 Å². The van der Waals surface area contributed by atoms with Crippen LogP contribution in [0.1, 0.15) is 31.9 Å². The van der Waals surface area contributed by atoms with Crippen molar-refractivity contribution in [3.8, 4) is 11.5 Å². The van der Waals surface area contributed by atoms with Gasteiger partial charge < -0.3 is 10.1 Å². The van der Waals surface area contributed by atoms with E-state index in [4.69, 9.17) is 4.74 Å². The Labute approximate surface area is 138 Å². The normalized spacial score (nSPS) is 12.2. The molecule has 2 aromatic carbocycles. The molecule has 0 fully saturated rings. The predicted octanol–water partition coefficient (Wildman–Crippen LogP) is 5.28. The van der Waals surface area contributed by atoms with E-state index in [1.807, 2.05) is 31.2 Å². The van der Waals surface area contributed by atoms with Crippen molar-refractivity contribution in [3.63, 3.8) is 0 Å². The molecule has 2 aromatic rings. The topological polar surface area (TPSA) is 21.3 Å². The number of nitrogens with one attached hydrogen (secondary N) is 1. The zero-order valence-electron chi connectivity index (χ0n) is 12.2. The van der Waals surface area contributed by atoms with E-state index in [0.29, 0.717) is 5.75 Å². The molecule has 21 heavy (non-hydrogen) atoms. The molecule has 0 aliphatic rings. The Bertz CT molecular complexity index is 603. The van der Waals surface area contributed by atoms with E-state index in [1.54, 1.807) is 6.07 Å². The van der Waals surface area contributed by atoms with Gasteiger partial charge in [0.05, 0.1) is 0 Å². The summed E-state index contributed by atoms with van der Waals surface area (Å²) in [6, 6.07) is 12.5. The first kappa shape index (κ1) is 16.2. The largest absolute Gasteiger partial charge is 0.457 e. The van der Waals surface area contributed by atoms with Crippen LogP contribution >= 0.6 is 22.6 Å². The second-order valence-electron chi connectivity index (χ2n) is 4.92. The summed E-state index contributed by atoms with van der Waals surface area (Å²) in [5.41, 5.74) is 0.835. The van der Waals surface area contributed by atoms with Crippen molar-refractivity contribution in [3.05, 3.63) is 57.4 Å². The van der Waals surface area contributed by atoms with Gasteiger partial charge in [0.1, 0.15) is 17.3 Å². The van der Waals surface area contributed by atoms with Crippen molar-refractivity contribution in [1.82, 2.24) is 5.32 Å². The van der Waals surface area contributed by atoms with Crippen molar-refractivity contribution in [2.75, 3.05) is 6.54 Å². The highest BCUT2D eigenvalue weighted by molar-refractivity contribution is 14.1. The molecule has 0 heterocycles. The Morgan fingerprint density at radius 2 is 2.05 bits per heavy atom. The standard InChI is InChI=1S/C17H19FINO/c1-3-9-20-12(2)16-10-13(18)7-8-17(16)21-15-6-4-5-14(19)11-15/h4-8,10-12,20H,3,9H2,1-2H3. The van der Waals surface area contributed by atoms with Crippen molar-refractivity contribution < 1.29 is 9.13 Å². The lowest BCUT2D eigenvalue weighted by Gasteiger charge is -2.18. The smallest absolute Gasteiger partial charge is 0.132 e. The van der Waals surface area contributed by atoms with Gasteiger partial charge in [-0.2, -0.15) is 0 Å². The highest BCUT2D eigenvalue weighted by Crippen LogP contribution is 2.31. The molecule has 0 spiro atoms. The minimum atomic E-state index is -0.245. The first-order valence-electron chi connectivity index (χ1n) is 7.06. The molecule has 4 heteroatoms. The molecular formula is C17H19FINO. The molecule has 2 rings (SSSR count). The van der Waals surface area contributed by atoms with Gasteiger partial charge in [-0.15, -0.1) is 0 Å². The Morgan fingerprint density at radius 1 is 1.24 bits per heavy atom. The van der Waals surface area contributed by atoms with Crippen LogP contribution < -0.4 is 10.1 Å². The second kappa shape index (κ2) is 7.75. The van der Waals surface area contributed by atoms with Gasteiger partial charge >= 0.3 is 0 Å². The third kappa shape index (κ3) is 4.68. The van der Waals surface area contributed by atoms with Gasteiger partial charge in [0, 0.05) is 15.2 Å². The van der Waals surface area contributed by atoms with E-state index in [9.17, 15) is 4.39 Å². The SMILES string of the molecule is CCCNC(C)c1cc(F)ccc1Oc1cccc(I)c1. The van der Waals surface area contributed by atoms with Crippen LogP contribution in [0.3, 0.4) is 0 Å². The van der Waals surface area contributed by atoms with Gasteiger partial charge in [-0.3, -0.25) is 0 Å². The maximum absolute atomic E-state index is 13.5. The van der Waals surface area contributed by atoms with Gasteiger partial charge in [-0.1, -0.05) is 13.0 Å². The van der Waals surface area contributed by atoms with E-state index in [2.05, 4.69) is 34.8 Å². The zero-order valence-corrected chi connectivity index (χ0v) is 14.4. The van der Waals surface area contributed by atoms with Crippen LogP contribution in [0.5, 0.6) is 11.5 Å². The molecule has 0 saturated heterocycles. The van der Waals surface area contributed by atoms with E-state index in [-0.39, 0.29) is 11.9 Å². The molecule has 1 atom stereocenters. The van der Waals surface area contributed by atoms with Gasteiger partial charge in [0.25, 0.3) is 0 Å². The number of rotatable bonds is 6. The minimum absolute atomic E-state index is 0.0402. The molecule has 0 amide bonds. The average Bonchev–Trinajstić information content (AvgIpc) is 2.46. The number of hydrogen-bond acceptors (Lipinski definition) is 2. The molecule has 0 bridgehead atoms. The summed E-state index contributed by atoms with van der Waals surface area (Å²) in [5.74, 6) is 1.21. The monoisotopic (exact) mass is 399 g/mol. The summed E-state index contributed by atoms with van der Waals surface area (Å²) in [6.07, 6.45) is 1.03. The summed E-state index contributed by atoms with van der Waals surface area (Å²) in [5, 5.41) is 3.37. The summed E-state index contributed by atoms with van der Waals surface area (Å²) < 4.78 is 20.6. The number of halogens is 2. The van der Waals surface area contributed by atoms with Crippen molar-refractivity contribution in [2.45, 2.75) is 26.3 Å². The van der Waals surface area contributed by atoms with Crippen LogP contribution in [0.4, 0.5) is 4.39 Å². The zero-order chi connectivity index (χ0) is 15.2. The van der Waals surface area contributed by atoms with Gasteiger partial charge in [-0.25, -0.2) is 4.39 Å². The summed E-state index contributed by atoms with van der Waals surface area (Å²) in [4.78, 5) is 0. The number of benzene rings is 2. The lowest BCUT2D eigenvalue weighted by atomic mass is 10.1. The van der Waals surface area contributed by atoms with Gasteiger partial charge in [0.2, 0.25) is 0 Å². The Balaban J connectivity index is 2.26. The Kier molecular flexibility index (Phi) is 5.99. The summed E-state index contributed by atoms with van der Waals surface area (Å²) in [6.45, 7) is 5.01. The van der Waals surface area contributed by atoms with Crippen LogP contribution in [-0.4, -0.2) is 6.54 Å². The molecule has 1 unspecified atom stereocenters. The van der Waals surface area contributed by atoms with Crippen molar-refractivity contribution in [1.29, 1.82) is 0 Å². The first-order chi connectivity index (χ1) is 10.1. The fourth-order valence-corrected chi connectivity index (χ4v) is 2.59. The van der Waals surface area contributed by atoms with Crippen LogP contribution in [0.2, 0.25) is 0 Å². The second-order valence-corrected chi connectivity index (χ2v) is 6.16. The maximum atomic E-state index is 13.5. The first-order valence-corrected chi connectivity index (χ1v) is 8.14. The van der Waals surface area contributed by atoms with Crippen LogP contribution in [-0.2, 0) is 0 Å². The summed E-state index contributed by atoms with van der Waals surface area (Å²) in [7, 11) is 0. The highest BCUT2D eigenvalue weighted by Gasteiger charge is 2.13. The molecule has 2 nitrogen and oxygen atoms in total. The average molecular weight is 399 g/mol. The van der Waals surface area contributed by atoms with E-state index < -0.39 is 0 Å². The molecule has 0 aliphatic carbocycles. The number of hydrogen-bond donors (Lipinski definition) is 1. The molecule has 1 N–H and O–H groups in total. The van der Waals surface area contributed by atoms with E-state index in [1.165, 1.54) is 12.1 Å². The quantitative estimate of drug-likeness (QED) is 0.668. The van der Waals surface area contributed by atoms with Crippen LogP contribution in [0.15, 0.2) is 42.5 Å². The van der Waals surface area contributed by atoms with E-state index >= 15 is 0 Å². The molecular weight excluding hydrogens is 380 g/mol. The van der Waals surface area contributed by atoms with Gasteiger partial charge in [-0.05, 0) is 78.9 Å². The molecule has 0 aromatic heterocycles. The number of ether oxygens (including phenoxy) is 1. The molecule has 0 radical (unpaired) electrons. The Hall–Kier alpha value is -1.14. The minimum Gasteiger partial charge on any atom is -0.457 e. The Morgan fingerprint density at radius 3 is 2.76 bits per heavy atom. The lowest BCUT2D eigenvalue weighted by Crippen LogP contribution is -2.19.